The predicted molar refractivity (Wildman–Crippen MR) is 383 cm³/mol. The summed E-state index contributed by atoms with van der Waals surface area (Å²) in [7, 11) is 4.65. The second-order valence-electron chi connectivity index (χ2n) is 23.9. The number of hydrogen-bond acceptors (Lipinski definition) is 27. The summed E-state index contributed by atoms with van der Waals surface area (Å²) in [4.78, 5) is 235. The van der Waals surface area contributed by atoms with Gasteiger partial charge in [-0.15, -0.1) is 0 Å². The molecule has 38 nitrogen and oxygen atoms in total. The number of aliphatic carboxylic acids is 4. The Kier molecular flexibility index (Phi) is 35.4. The zero-order chi connectivity index (χ0) is 77.8. The predicted octanol–water partition coefficient (Wildman–Crippen LogP) is -5.25. The molecule has 0 aliphatic carbocycles. The summed E-state index contributed by atoms with van der Waals surface area (Å²) in [6.45, 7) is 2.19. The molecule has 4 fully saturated rings. The Hall–Kier alpha value is -8.95. The van der Waals surface area contributed by atoms with Crippen molar-refractivity contribution in [2.24, 2.45) is 5.73 Å². The van der Waals surface area contributed by atoms with Crippen LogP contribution in [0.4, 0.5) is 0 Å². The first kappa shape index (κ1) is 86.7. The number of benzene rings is 2. The number of carbonyl (C=O) groups excluding carboxylic acids is 13. The Morgan fingerprint density at radius 1 is 0.552 bits per heavy atom. The van der Waals surface area contributed by atoms with Crippen LogP contribution in [0.2, 0.25) is 0 Å². The molecule has 2 aromatic rings. The zero-order valence-electron chi connectivity index (χ0n) is 56.4. The third kappa shape index (κ3) is 29.1. The minimum absolute atomic E-state index is 0.0406. The molecule has 0 radical (unpaired) electrons. The fourth-order valence-corrected chi connectivity index (χ4v) is 17.0. The molecule has 0 unspecified atom stereocenters. The molecular formula is C61H82N14O24S6. The third-order valence-electron chi connectivity index (χ3n) is 15.5. The van der Waals surface area contributed by atoms with Crippen molar-refractivity contribution < 1.29 is 117 Å². The van der Waals surface area contributed by atoms with Gasteiger partial charge in [-0.3, -0.25) is 76.7 Å². The van der Waals surface area contributed by atoms with Gasteiger partial charge in [-0.2, -0.15) is 0 Å². The Morgan fingerprint density at radius 2 is 1.02 bits per heavy atom. The van der Waals surface area contributed by atoms with Gasteiger partial charge in [-0.1, -0.05) is 89.0 Å². The van der Waals surface area contributed by atoms with Gasteiger partial charge in [0.05, 0.1) is 25.1 Å². The molecule has 4 saturated heterocycles. The number of phenolic OH excluding ortho intramolecular Hbond substituents is 2. The molecule has 0 spiro atoms. The highest BCUT2D eigenvalue weighted by Gasteiger charge is 2.42. The molecule has 2 aromatic carbocycles. The first-order valence-corrected chi connectivity index (χ1v) is 39.6. The summed E-state index contributed by atoms with van der Waals surface area (Å²) in [5, 5.41) is 97.8. The van der Waals surface area contributed by atoms with Gasteiger partial charge in [0.1, 0.15) is 84.0 Å². The van der Waals surface area contributed by atoms with Gasteiger partial charge in [0, 0.05) is 67.2 Å². The van der Waals surface area contributed by atoms with Gasteiger partial charge in [0.15, 0.2) is 0 Å². The zero-order valence-corrected chi connectivity index (χ0v) is 61.3. The number of nitrogens with zero attached hydrogens (tertiary/aromatic N) is 1. The maximum Gasteiger partial charge on any atom is 0.326 e. The van der Waals surface area contributed by atoms with E-state index in [-0.39, 0.29) is 48.6 Å². The van der Waals surface area contributed by atoms with Gasteiger partial charge in [-0.05, 0) is 68.5 Å². The first-order chi connectivity index (χ1) is 49.6. The number of nitrogens with two attached hydrogens (primary N) is 1. The largest absolute Gasteiger partial charge is 0.508 e. The first-order valence-electron chi connectivity index (χ1n) is 32.1. The van der Waals surface area contributed by atoms with E-state index in [0.29, 0.717) is 5.56 Å². The number of aromatic hydroxyl groups is 2. The van der Waals surface area contributed by atoms with Gasteiger partial charge in [-0.25, -0.2) is 4.79 Å². The van der Waals surface area contributed by atoms with E-state index in [9.17, 15) is 97.8 Å². The lowest BCUT2D eigenvalue weighted by molar-refractivity contribution is -0.146. The third-order valence-corrected chi connectivity index (χ3v) is 22.8. The number of aliphatic hydroxyl groups excluding tert-OH is 1. The van der Waals surface area contributed by atoms with Crippen LogP contribution in [0.5, 0.6) is 11.5 Å². The maximum atomic E-state index is 15.1. The lowest BCUT2D eigenvalue weighted by Gasteiger charge is -2.30. The molecule has 0 saturated carbocycles. The number of phenols is 2. The number of hydrogen-bond donors (Lipinski definition) is 20. The molecule has 4 heterocycles. The van der Waals surface area contributed by atoms with Crippen molar-refractivity contribution in [2.75, 3.05) is 47.6 Å². The highest BCUT2D eigenvalue weighted by Crippen LogP contribution is 2.28. The van der Waals surface area contributed by atoms with E-state index >= 15 is 9.59 Å². The molecule has 0 aromatic heterocycles. The molecule has 576 valence electrons. The van der Waals surface area contributed by atoms with E-state index in [4.69, 9.17) is 15.6 Å². The summed E-state index contributed by atoms with van der Waals surface area (Å²) in [5.74, 6) is -23.4. The van der Waals surface area contributed by atoms with E-state index in [0.717, 1.165) is 83.5 Å². The van der Waals surface area contributed by atoms with Crippen molar-refractivity contribution in [1.82, 2.24) is 68.7 Å². The summed E-state index contributed by atoms with van der Waals surface area (Å²) in [5.41, 5.74) is 6.97. The van der Waals surface area contributed by atoms with Crippen molar-refractivity contribution in [1.29, 1.82) is 0 Å². The Labute approximate surface area is 622 Å². The minimum atomic E-state index is -1.98. The number of nitrogens with one attached hydrogen (secondary N) is 12. The average Bonchev–Trinajstić information content (AvgIpc) is 1.74. The smallest absolute Gasteiger partial charge is 0.326 e. The van der Waals surface area contributed by atoms with E-state index in [1.165, 1.54) is 55.5 Å². The van der Waals surface area contributed by atoms with Crippen molar-refractivity contribution >= 4 is 165 Å². The van der Waals surface area contributed by atoms with Crippen LogP contribution in [-0.2, 0) is 94.3 Å². The summed E-state index contributed by atoms with van der Waals surface area (Å²) in [6.07, 6.45) is -5.03. The van der Waals surface area contributed by atoms with E-state index in [2.05, 4.69) is 63.8 Å². The minimum Gasteiger partial charge on any atom is -0.508 e. The van der Waals surface area contributed by atoms with E-state index in [1.54, 1.807) is 0 Å². The molecule has 13 amide bonds. The van der Waals surface area contributed by atoms with Crippen LogP contribution in [0.1, 0.15) is 64.0 Å². The Balaban J connectivity index is 0.00000482. The summed E-state index contributed by atoms with van der Waals surface area (Å²) in [6, 6.07) is -12.1. The summed E-state index contributed by atoms with van der Waals surface area (Å²) >= 11 is 0. The number of carboxylic acids is 4. The van der Waals surface area contributed by atoms with Gasteiger partial charge < -0.3 is 110 Å². The molecule has 105 heavy (non-hydrogen) atoms. The second kappa shape index (κ2) is 42.9. The SMILES string of the molecule is CC(=O)O.C[C@@H]1NC(=O)[C@@H]2CCCN2C(=O)[C@H](CC(=O)O)NC(=O)[C@@H]2CSSC[C@H](N)C(=O)N[C@H]3CSSC[C@H](NC1=O)C(=O)N[C@@H]([C@H](C)O)C(=O)NCC(=O)N[C@H](C(=O)N[C@@H](Cc1ccc(O)cc1)C(=O)O)CSSC[C@H](NC(=O)[C@H](Cc1ccc(O)cc1)NC(=O)[C@H](CCC(=O)O)NC3=O)C(=O)N2. The number of carbonyl (C=O) groups is 17. The molecule has 21 N–H and O–H groups in total. The molecule has 44 heteroatoms. The van der Waals surface area contributed by atoms with Crippen LogP contribution in [0.15, 0.2) is 48.5 Å². The Bertz CT molecular complexity index is 3510. The standard InChI is InChI=1S/C59H78N14O22S6.C2H4O2/c1-26-47(82)68-41-25-101-99-22-38-52(87)64-33(13-14-44(78)79)49(84)65-34(16-28-5-9-30(75)10-6-28)50(85)70-40(54(89)71-39(23-97-96-20-32(60)48(83)69-38)53(88)66-35(18-45(80)81)58(93)73-15-3-4-42(73)56(91)62-26)24-100-98-21-37(63-43(77)19-61-57(92)46(27(2)74)72-55(41)90)51(86)67-36(59(94)95)17-29-7-11-31(76)12-8-29;1-2(3)4/h5-12,26-27,32-42,46,74-76H,3-4,13-25,60H2,1-2H3,(H,61,92)(H,62,91)(H,63,77)(H,64,87)(H,65,84)(H,66,88)(H,67,86)(H,68,82)(H,69,83)(H,70,85)(H,71,89)(H,72,90)(H,78,79)(H,80,81)(H,94,95);1H3,(H,3,4)/t26-,27-,32-,33-,34-,35-,36-,37-,38-,39-,40-,41-,42-,46-;/m0./s1. The van der Waals surface area contributed by atoms with E-state index in [1.807, 2.05) is 0 Å². The number of amides is 13. The normalized spacial score (nSPS) is 26.5. The number of aliphatic hydroxyl groups is 1. The fraction of sp³-hybridized carbons (Fsp3) is 0.525. The van der Waals surface area contributed by atoms with Crippen molar-refractivity contribution in [3.05, 3.63) is 59.7 Å². The van der Waals surface area contributed by atoms with Crippen molar-refractivity contribution in [3.8, 4) is 11.5 Å². The molecule has 4 aliphatic rings. The Morgan fingerprint density at radius 3 is 1.55 bits per heavy atom. The molecule has 6 rings (SSSR count). The molecule has 4 aliphatic heterocycles. The number of rotatable bonds is 13. The quantitative estimate of drug-likeness (QED) is 0.0658. The average molecular weight is 1590 g/mol. The van der Waals surface area contributed by atoms with Gasteiger partial charge in [0.2, 0.25) is 76.8 Å². The monoisotopic (exact) mass is 1590 g/mol. The van der Waals surface area contributed by atoms with Gasteiger partial charge >= 0.3 is 17.9 Å². The van der Waals surface area contributed by atoms with Crippen LogP contribution < -0.4 is 69.5 Å². The van der Waals surface area contributed by atoms with E-state index < -0.39 is 246 Å². The topological polar surface area (TPSA) is 605 Å². The fourth-order valence-electron chi connectivity index (χ4n) is 10.0. The molecular weight excluding hydrogens is 1510 g/mol. The summed E-state index contributed by atoms with van der Waals surface area (Å²) < 4.78 is 0. The molecule has 14 atom stereocenters. The highest BCUT2D eigenvalue weighted by molar-refractivity contribution is 8.77. The lowest BCUT2D eigenvalue weighted by Crippen LogP contribution is -2.61. The highest BCUT2D eigenvalue weighted by atomic mass is 33.1. The molecule has 4 bridgehead atoms. The van der Waals surface area contributed by atoms with Crippen LogP contribution in [0, 0.1) is 0 Å². The number of fused-ring (bicyclic) bond motifs is 20. The van der Waals surface area contributed by atoms with Crippen LogP contribution >= 0.6 is 64.8 Å². The van der Waals surface area contributed by atoms with Crippen LogP contribution in [-0.4, -0.2) is 274 Å². The van der Waals surface area contributed by atoms with Crippen molar-refractivity contribution in [2.45, 2.75) is 150 Å². The van der Waals surface area contributed by atoms with Crippen LogP contribution in [0.3, 0.4) is 0 Å². The second-order valence-corrected chi connectivity index (χ2v) is 31.6. The number of carboxylic acid groups (broad SMARTS) is 4. The maximum absolute atomic E-state index is 15.1. The van der Waals surface area contributed by atoms with Crippen molar-refractivity contribution in [3.63, 3.8) is 0 Å². The van der Waals surface area contributed by atoms with Gasteiger partial charge in [0.25, 0.3) is 5.97 Å². The lowest BCUT2D eigenvalue weighted by atomic mass is 10.0. The van der Waals surface area contributed by atoms with Crippen LogP contribution in [0.25, 0.3) is 0 Å².